The third-order valence-electron chi connectivity index (χ3n) is 3.25. The summed E-state index contributed by atoms with van der Waals surface area (Å²) < 4.78 is 5.18. The summed E-state index contributed by atoms with van der Waals surface area (Å²) in [6.45, 7) is 7.27. The van der Waals surface area contributed by atoms with E-state index in [0.29, 0.717) is 12.6 Å². The summed E-state index contributed by atoms with van der Waals surface area (Å²) in [5.74, 6) is 0. The van der Waals surface area contributed by atoms with Gasteiger partial charge < -0.3 is 15.2 Å². The minimum atomic E-state index is -0.940. The van der Waals surface area contributed by atoms with E-state index in [9.17, 15) is 4.79 Å². The Hall–Kier alpha value is -0.850. The summed E-state index contributed by atoms with van der Waals surface area (Å²) in [5, 5.41) is 10.8. The highest BCUT2D eigenvalue weighted by molar-refractivity contribution is 5.64. The number of amides is 1. The van der Waals surface area contributed by atoms with E-state index >= 15 is 0 Å². The van der Waals surface area contributed by atoms with Crippen LogP contribution in [0, 0.1) is 0 Å². The number of carboxylic acid groups (broad SMARTS) is 1. The van der Waals surface area contributed by atoms with Gasteiger partial charge in [0.1, 0.15) is 0 Å². The van der Waals surface area contributed by atoms with Gasteiger partial charge in [0.2, 0.25) is 0 Å². The van der Waals surface area contributed by atoms with Gasteiger partial charge >= 0.3 is 6.09 Å². The van der Waals surface area contributed by atoms with E-state index < -0.39 is 6.09 Å². The lowest BCUT2D eigenvalue weighted by Crippen LogP contribution is -2.57. The van der Waals surface area contributed by atoms with Gasteiger partial charge in [-0.2, -0.15) is 0 Å². The highest BCUT2D eigenvalue weighted by Crippen LogP contribution is 2.12. The third-order valence-corrected chi connectivity index (χ3v) is 3.25. The van der Waals surface area contributed by atoms with Gasteiger partial charge in [-0.3, -0.25) is 9.80 Å². The molecule has 6 nitrogen and oxygen atoms in total. The van der Waals surface area contributed by atoms with Gasteiger partial charge in [-0.05, 0) is 0 Å². The fourth-order valence-electron chi connectivity index (χ4n) is 2.11. The molecule has 2 N–H and O–H groups in total. The van der Waals surface area contributed by atoms with Gasteiger partial charge in [-0.1, -0.05) is 0 Å². The fraction of sp³-hybridized carbons (Fsp3) is 0.900. The molecule has 2 aliphatic heterocycles. The smallest absolute Gasteiger partial charge is 0.404 e. The molecule has 0 unspecified atom stereocenters. The van der Waals surface area contributed by atoms with Crippen molar-refractivity contribution in [1.29, 1.82) is 0 Å². The molecule has 0 aromatic heterocycles. The topological polar surface area (TPSA) is 65.0 Å². The van der Waals surface area contributed by atoms with E-state index in [2.05, 4.69) is 15.1 Å². The van der Waals surface area contributed by atoms with Crippen LogP contribution in [0.1, 0.15) is 0 Å². The molecule has 2 rings (SSSR count). The predicted molar refractivity (Wildman–Crippen MR) is 58.6 cm³/mol. The molecular weight excluding hydrogens is 210 g/mol. The number of rotatable bonds is 4. The summed E-state index contributed by atoms with van der Waals surface area (Å²) in [5.41, 5.74) is 0. The third kappa shape index (κ3) is 3.07. The van der Waals surface area contributed by atoms with Gasteiger partial charge in [0.25, 0.3) is 0 Å². The Kier molecular flexibility index (Phi) is 3.98. The fourth-order valence-corrected chi connectivity index (χ4v) is 2.11. The second kappa shape index (κ2) is 5.47. The quantitative estimate of drug-likeness (QED) is 0.665. The Bertz CT molecular complexity index is 237. The zero-order valence-corrected chi connectivity index (χ0v) is 9.39. The highest BCUT2D eigenvalue weighted by Gasteiger charge is 2.28. The number of ether oxygens (including phenoxy) is 1. The molecule has 0 radical (unpaired) electrons. The van der Waals surface area contributed by atoms with Crippen LogP contribution in [0.25, 0.3) is 0 Å². The molecule has 0 atom stereocenters. The van der Waals surface area contributed by atoms with Crippen LogP contribution in [0.5, 0.6) is 0 Å². The van der Waals surface area contributed by atoms with Crippen molar-refractivity contribution in [1.82, 2.24) is 15.1 Å². The Morgan fingerprint density at radius 3 is 2.50 bits per heavy atom. The molecule has 2 aliphatic rings. The van der Waals surface area contributed by atoms with Crippen molar-refractivity contribution >= 4 is 6.09 Å². The minimum Gasteiger partial charge on any atom is -0.465 e. The zero-order valence-electron chi connectivity index (χ0n) is 9.39. The monoisotopic (exact) mass is 229 g/mol. The molecule has 0 bridgehead atoms. The number of nitrogens with one attached hydrogen (secondary N) is 1. The SMILES string of the molecule is O=C(O)NCCN1CCN(C2COC2)CC1. The lowest BCUT2D eigenvalue weighted by molar-refractivity contribution is -0.0766. The molecule has 0 aromatic rings. The van der Waals surface area contributed by atoms with Crippen molar-refractivity contribution in [3.63, 3.8) is 0 Å². The summed E-state index contributed by atoms with van der Waals surface area (Å²) in [7, 11) is 0. The van der Waals surface area contributed by atoms with Crippen molar-refractivity contribution < 1.29 is 14.6 Å². The molecular formula is C10H19N3O3. The van der Waals surface area contributed by atoms with E-state index in [-0.39, 0.29) is 0 Å². The molecule has 1 amide bonds. The highest BCUT2D eigenvalue weighted by atomic mass is 16.5. The molecule has 92 valence electrons. The van der Waals surface area contributed by atoms with E-state index in [4.69, 9.17) is 9.84 Å². The van der Waals surface area contributed by atoms with Crippen molar-refractivity contribution in [2.75, 3.05) is 52.5 Å². The molecule has 0 aliphatic carbocycles. The van der Waals surface area contributed by atoms with Gasteiger partial charge in [0.15, 0.2) is 0 Å². The maximum Gasteiger partial charge on any atom is 0.404 e. The first-order valence-corrected chi connectivity index (χ1v) is 5.76. The molecule has 2 fully saturated rings. The largest absolute Gasteiger partial charge is 0.465 e. The Labute approximate surface area is 95.2 Å². The number of hydrogen-bond acceptors (Lipinski definition) is 4. The first-order valence-electron chi connectivity index (χ1n) is 5.76. The molecule has 0 aromatic carbocycles. The lowest BCUT2D eigenvalue weighted by Gasteiger charge is -2.42. The van der Waals surface area contributed by atoms with Gasteiger partial charge in [0.05, 0.1) is 19.3 Å². The second-order valence-corrected chi connectivity index (χ2v) is 4.30. The average molecular weight is 229 g/mol. The predicted octanol–water partition coefficient (Wildman–Crippen LogP) is -0.730. The number of nitrogens with zero attached hydrogens (tertiary/aromatic N) is 2. The number of piperazine rings is 1. The van der Waals surface area contributed by atoms with Gasteiger partial charge in [-0.25, -0.2) is 4.79 Å². The van der Waals surface area contributed by atoms with Crippen molar-refractivity contribution in [3.8, 4) is 0 Å². The first kappa shape index (κ1) is 11.6. The molecule has 6 heteroatoms. The van der Waals surface area contributed by atoms with Crippen molar-refractivity contribution in [2.45, 2.75) is 6.04 Å². The Morgan fingerprint density at radius 1 is 1.31 bits per heavy atom. The van der Waals surface area contributed by atoms with Crippen LogP contribution in [0.4, 0.5) is 4.79 Å². The standard InChI is InChI=1S/C10H19N3O3/c14-10(15)11-1-2-12-3-5-13(6-4-12)9-7-16-8-9/h9,11H,1-8H2,(H,14,15). The van der Waals surface area contributed by atoms with Crippen LogP contribution in [0.2, 0.25) is 0 Å². The molecule has 16 heavy (non-hydrogen) atoms. The lowest BCUT2D eigenvalue weighted by atomic mass is 10.2. The van der Waals surface area contributed by atoms with Gasteiger partial charge in [-0.15, -0.1) is 0 Å². The van der Waals surface area contributed by atoms with Crippen LogP contribution in [0.3, 0.4) is 0 Å². The second-order valence-electron chi connectivity index (χ2n) is 4.30. The van der Waals surface area contributed by atoms with E-state index in [0.717, 1.165) is 45.9 Å². The molecule has 2 saturated heterocycles. The Balaban J connectivity index is 1.59. The van der Waals surface area contributed by atoms with E-state index in [1.165, 1.54) is 0 Å². The van der Waals surface area contributed by atoms with Crippen molar-refractivity contribution in [3.05, 3.63) is 0 Å². The maximum atomic E-state index is 10.3. The number of carbonyl (C=O) groups is 1. The Morgan fingerprint density at radius 2 is 2.00 bits per heavy atom. The zero-order chi connectivity index (χ0) is 11.4. The van der Waals surface area contributed by atoms with Crippen molar-refractivity contribution in [2.24, 2.45) is 0 Å². The summed E-state index contributed by atoms with van der Waals surface area (Å²) in [6, 6.07) is 0.624. The molecule has 2 heterocycles. The normalized spacial score (nSPS) is 24.0. The first-order chi connectivity index (χ1) is 7.75. The van der Waals surface area contributed by atoms with E-state index in [1.54, 1.807) is 0 Å². The molecule has 0 saturated carbocycles. The molecule has 0 spiro atoms. The van der Waals surface area contributed by atoms with Gasteiger partial charge in [0, 0.05) is 39.3 Å². The minimum absolute atomic E-state index is 0.516. The summed E-state index contributed by atoms with van der Waals surface area (Å²) in [6.07, 6.45) is -0.940. The van der Waals surface area contributed by atoms with Crippen LogP contribution in [-0.2, 0) is 4.74 Å². The van der Waals surface area contributed by atoms with Crippen LogP contribution >= 0.6 is 0 Å². The van der Waals surface area contributed by atoms with Crippen LogP contribution in [0.15, 0.2) is 0 Å². The number of hydrogen-bond donors (Lipinski definition) is 2. The summed E-state index contributed by atoms with van der Waals surface area (Å²) >= 11 is 0. The maximum absolute atomic E-state index is 10.3. The van der Waals surface area contributed by atoms with E-state index in [1.807, 2.05) is 0 Å². The summed E-state index contributed by atoms with van der Waals surface area (Å²) in [4.78, 5) is 15.0. The average Bonchev–Trinajstić information content (AvgIpc) is 2.17. The van der Waals surface area contributed by atoms with Crippen LogP contribution in [-0.4, -0.2) is 79.5 Å². The van der Waals surface area contributed by atoms with Crippen LogP contribution < -0.4 is 5.32 Å².